The number of carbonyl (C=O) groups excluding carboxylic acids is 1. The van der Waals surface area contributed by atoms with Crippen LogP contribution in [0.2, 0.25) is 5.02 Å². The Kier molecular flexibility index (Phi) is 8.24. The third-order valence-electron chi connectivity index (χ3n) is 6.88. The van der Waals surface area contributed by atoms with Gasteiger partial charge >= 0.3 is 6.03 Å². The fourth-order valence-electron chi connectivity index (χ4n) is 5.01. The van der Waals surface area contributed by atoms with E-state index in [4.69, 9.17) is 16.3 Å². The number of hydrogen-bond donors (Lipinski definition) is 3. The number of aliphatic hydroxyl groups excluding tert-OH is 1. The van der Waals surface area contributed by atoms with Crippen LogP contribution in [0, 0.1) is 11.7 Å². The zero-order chi connectivity index (χ0) is 24.1. The molecule has 1 aliphatic heterocycles. The molecule has 2 aromatic rings. The third kappa shape index (κ3) is 6.37. The molecule has 2 amide bonds. The summed E-state index contributed by atoms with van der Waals surface area (Å²) in [6.45, 7) is 2.31. The first-order chi connectivity index (χ1) is 16.4. The molecule has 0 spiro atoms. The lowest BCUT2D eigenvalue weighted by molar-refractivity contribution is 0.0834. The SMILES string of the molecule is COc1cnc(C2CN(CC3CCC(O)CC3)CCC2NC(=O)Nc2ccc(Cl)cc2)c(F)c1. The van der Waals surface area contributed by atoms with Gasteiger partial charge in [0.15, 0.2) is 0 Å². The molecule has 2 heterocycles. The van der Waals surface area contributed by atoms with Crippen molar-refractivity contribution >= 4 is 23.3 Å². The molecule has 1 saturated carbocycles. The van der Waals surface area contributed by atoms with Gasteiger partial charge in [-0.2, -0.15) is 0 Å². The van der Waals surface area contributed by atoms with Crippen LogP contribution in [0.15, 0.2) is 36.5 Å². The molecule has 2 atom stereocenters. The Bertz CT molecular complexity index is 969. The van der Waals surface area contributed by atoms with Gasteiger partial charge in [-0.1, -0.05) is 11.6 Å². The van der Waals surface area contributed by atoms with Crippen molar-refractivity contribution in [2.45, 2.75) is 50.2 Å². The molecule has 184 valence electrons. The van der Waals surface area contributed by atoms with Crippen molar-refractivity contribution in [1.29, 1.82) is 0 Å². The average molecular weight is 491 g/mol. The van der Waals surface area contributed by atoms with Gasteiger partial charge in [0, 0.05) is 48.4 Å². The summed E-state index contributed by atoms with van der Waals surface area (Å²) in [6, 6.07) is 7.60. The second kappa shape index (κ2) is 11.3. The van der Waals surface area contributed by atoms with Crippen LogP contribution in [0.25, 0.3) is 0 Å². The number of halogens is 2. The molecule has 9 heteroatoms. The molecule has 1 aliphatic carbocycles. The number of amides is 2. The van der Waals surface area contributed by atoms with Gasteiger partial charge in [-0.25, -0.2) is 9.18 Å². The van der Waals surface area contributed by atoms with Crippen LogP contribution in [-0.4, -0.2) is 59.9 Å². The highest BCUT2D eigenvalue weighted by Gasteiger charge is 2.35. The fraction of sp³-hybridized carbons (Fsp3) is 0.520. The number of nitrogens with zero attached hydrogens (tertiary/aromatic N) is 2. The predicted octanol–water partition coefficient (Wildman–Crippen LogP) is 4.41. The quantitative estimate of drug-likeness (QED) is 0.558. The van der Waals surface area contributed by atoms with Crippen LogP contribution in [-0.2, 0) is 0 Å². The van der Waals surface area contributed by atoms with Crippen LogP contribution in [0.1, 0.15) is 43.7 Å². The fourth-order valence-corrected chi connectivity index (χ4v) is 5.14. The highest BCUT2D eigenvalue weighted by Crippen LogP contribution is 2.32. The van der Waals surface area contributed by atoms with Crippen molar-refractivity contribution in [2.75, 3.05) is 32.1 Å². The number of piperidine rings is 1. The summed E-state index contributed by atoms with van der Waals surface area (Å²) < 4.78 is 20.1. The average Bonchev–Trinajstić information content (AvgIpc) is 2.83. The minimum absolute atomic E-state index is 0.185. The Labute approximate surface area is 204 Å². The summed E-state index contributed by atoms with van der Waals surface area (Å²) in [5, 5.41) is 16.3. The van der Waals surface area contributed by atoms with E-state index in [9.17, 15) is 9.90 Å². The van der Waals surface area contributed by atoms with Crippen molar-refractivity contribution in [3.8, 4) is 5.75 Å². The number of hydrogen-bond acceptors (Lipinski definition) is 5. The summed E-state index contributed by atoms with van der Waals surface area (Å²) in [5.41, 5.74) is 0.963. The van der Waals surface area contributed by atoms with E-state index in [1.54, 1.807) is 24.3 Å². The maximum Gasteiger partial charge on any atom is 0.319 e. The zero-order valence-corrected chi connectivity index (χ0v) is 20.1. The molecule has 1 aromatic carbocycles. The second-order valence-electron chi connectivity index (χ2n) is 9.28. The minimum atomic E-state index is -0.433. The van der Waals surface area contributed by atoms with E-state index >= 15 is 4.39 Å². The number of anilines is 1. The van der Waals surface area contributed by atoms with Gasteiger partial charge in [-0.15, -0.1) is 0 Å². The van der Waals surface area contributed by atoms with E-state index in [-0.39, 0.29) is 24.1 Å². The summed E-state index contributed by atoms with van der Waals surface area (Å²) in [7, 11) is 1.48. The number of aromatic nitrogens is 1. The molecule has 2 fully saturated rings. The molecule has 0 radical (unpaired) electrons. The van der Waals surface area contributed by atoms with E-state index in [1.807, 2.05) is 0 Å². The standard InChI is InChI=1S/C25H32ClFN4O3/c1-34-20-12-22(27)24(28-13-20)21-15-31(14-16-2-8-19(32)9-3-16)11-10-23(21)30-25(33)29-18-6-4-17(26)5-7-18/h4-7,12-13,16,19,21,23,32H,2-3,8-11,14-15H2,1H3,(H2,29,30,33). The van der Waals surface area contributed by atoms with Crippen LogP contribution in [0.4, 0.5) is 14.9 Å². The molecule has 3 N–H and O–H groups in total. The van der Waals surface area contributed by atoms with E-state index in [1.165, 1.54) is 19.4 Å². The molecule has 7 nitrogen and oxygen atoms in total. The molecule has 2 unspecified atom stereocenters. The molecular weight excluding hydrogens is 459 g/mol. The van der Waals surface area contributed by atoms with E-state index < -0.39 is 5.82 Å². The Morgan fingerprint density at radius 2 is 1.97 bits per heavy atom. The van der Waals surface area contributed by atoms with E-state index in [0.29, 0.717) is 41.0 Å². The van der Waals surface area contributed by atoms with Crippen molar-refractivity contribution in [2.24, 2.45) is 5.92 Å². The molecule has 1 aromatic heterocycles. The molecule has 2 aliphatic rings. The number of pyridine rings is 1. The topological polar surface area (TPSA) is 86.7 Å². The van der Waals surface area contributed by atoms with Crippen LogP contribution >= 0.6 is 11.6 Å². The first kappa shape index (κ1) is 24.7. The van der Waals surface area contributed by atoms with Crippen molar-refractivity contribution in [3.63, 3.8) is 0 Å². The molecular formula is C25H32ClFN4O3. The highest BCUT2D eigenvalue weighted by molar-refractivity contribution is 6.30. The number of rotatable bonds is 6. The van der Waals surface area contributed by atoms with Crippen LogP contribution in [0.3, 0.4) is 0 Å². The smallest absolute Gasteiger partial charge is 0.319 e. The molecule has 0 bridgehead atoms. The van der Waals surface area contributed by atoms with E-state index in [0.717, 1.165) is 38.8 Å². The molecule has 1 saturated heterocycles. The summed E-state index contributed by atoms with van der Waals surface area (Å²) >= 11 is 5.92. The van der Waals surface area contributed by atoms with Gasteiger partial charge in [0.1, 0.15) is 11.6 Å². The first-order valence-electron chi connectivity index (χ1n) is 11.8. The maximum atomic E-state index is 15.0. The number of aliphatic hydroxyl groups is 1. The van der Waals surface area contributed by atoms with Crippen molar-refractivity contribution in [3.05, 3.63) is 53.1 Å². The Morgan fingerprint density at radius 3 is 2.65 bits per heavy atom. The number of ether oxygens (including phenoxy) is 1. The highest BCUT2D eigenvalue weighted by atomic mass is 35.5. The minimum Gasteiger partial charge on any atom is -0.495 e. The van der Waals surface area contributed by atoms with Crippen molar-refractivity contribution < 1.29 is 19.0 Å². The van der Waals surface area contributed by atoms with Gasteiger partial charge in [0.2, 0.25) is 0 Å². The lowest BCUT2D eigenvalue weighted by atomic mass is 9.84. The molecule has 34 heavy (non-hydrogen) atoms. The number of likely N-dealkylation sites (tertiary alicyclic amines) is 1. The third-order valence-corrected chi connectivity index (χ3v) is 7.13. The van der Waals surface area contributed by atoms with Gasteiger partial charge in [-0.3, -0.25) is 4.98 Å². The summed E-state index contributed by atoms with van der Waals surface area (Å²) in [4.78, 5) is 19.4. The van der Waals surface area contributed by atoms with Gasteiger partial charge in [0.25, 0.3) is 0 Å². The van der Waals surface area contributed by atoms with E-state index in [2.05, 4.69) is 20.5 Å². The Morgan fingerprint density at radius 1 is 1.24 bits per heavy atom. The summed E-state index contributed by atoms with van der Waals surface area (Å²) in [6.07, 6.45) is 5.70. The van der Waals surface area contributed by atoms with Crippen LogP contribution < -0.4 is 15.4 Å². The monoisotopic (exact) mass is 490 g/mol. The lowest BCUT2D eigenvalue weighted by Gasteiger charge is -2.40. The van der Waals surface area contributed by atoms with Crippen molar-refractivity contribution in [1.82, 2.24) is 15.2 Å². The number of urea groups is 1. The van der Waals surface area contributed by atoms with Gasteiger partial charge in [0.05, 0.1) is 25.1 Å². The number of benzene rings is 1. The number of nitrogens with one attached hydrogen (secondary N) is 2. The maximum absolute atomic E-state index is 15.0. The normalized spacial score (nSPS) is 25.5. The number of carbonyl (C=O) groups is 1. The summed E-state index contributed by atoms with van der Waals surface area (Å²) in [5.74, 6) is 0.150. The Hall–Kier alpha value is -2.42. The first-order valence-corrected chi connectivity index (χ1v) is 12.2. The lowest BCUT2D eigenvalue weighted by Crippen LogP contribution is -2.52. The second-order valence-corrected chi connectivity index (χ2v) is 9.72. The largest absolute Gasteiger partial charge is 0.495 e. The zero-order valence-electron chi connectivity index (χ0n) is 19.3. The van der Waals surface area contributed by atoms with Crippen LogP contribution in [0.5, 0.6) is 5.75 Å². The Balaban J connectivity index is 1.46. The number of methoxy groups -OCH3 is 1. The predicted molar refractivity (Wildman–Crippen MR) is 130 cm³/mol. The molecule has 4 rings (SSSR count). The van der Waals surface area contributed by atoms with Gasteiger partial charge in [-0.05, 0) is 62.3 Å². The van der Waals surface area contributed by atoms with Gasteiger partial charge < -0.3 is 25.4 Å².